The van der Waals surface area contributed by atoms with Gasteiger partial charge in [0.05, 0.1) is 16.8 Å². The highest BCUT2D eigenvalue weighted by Crippen LogP contribution is 2.14. The minimum absolute atomic E-state index is 0.0749. The molecule has 26 heavy (non-hydrogen) atoms. The van der Waals surface area contributed by atoms with E-state index in [9.17, 15) is 9.59 Å². The summed E-state index contributed by atoms with van der Waals surface area (Å²) in [5, 5.41) is 18.8. The summed E-state index contributed by atoms with van der Waals surface area (Å²) in [5.74, 6) is -0.944. The summed E-state index contributed by atoms with van der Waals surface area (Å²) in [4.78, 5) is 22.8. The predicted molar refractivity (Wildman–Crippen MR) is 99.6 cm³/mol. The smallest absolute Gasteiger partial charge is 0.314 e. The molecule has 0 bridgehead atoms. The van der Waals surface area contributed by atoms with E-state index in [1.807, 2.05) is 48.9 Å². The van der Waals surface area contributed by atoms with E-state index >= 15 is 0 Å². The number of aromatic nitrogens is 2. The number of hydrogen-bond acceptors (Lipinski definition) is 3. The van der Waals surface area contributed by atoms with Gasteiger partial charge in [-0.05, 0) is 57.9 Å². The molecule has 0 saturated carbocycles. The van der Waals surface area contributed by atoms with Crippen LogP contribution in [0.2, 0.25) is 0 Å². The number of aryl methyl sites for hydroxylation is 2. The topological polar surface area (TPSA) is 96.2 Å². The van der Waals surface area contributed by atoms with Crippen LogP contribution in [0.5, 0.6) is 0 Å². The van der Waals surface area contributed by atoms with Gasteiger partial charge in [-0.25, -0.2) is 9.48 Å². The van der Waals surface area contributed by atoms with Gasteiger partial charge in [-0.3, -0.25) is 4.79 Å². The fraction of sp³-hybridized carbons (Fsp3) is 0.421. The molecule has 0 aliphatic heterocycles. The average molecular weight is 358 g/mol. The number of carboxylic acid groups (broad SMARTS) is 1. The van der Waals surface area contributed by atoms with Gasteiger partial charge in [-0.1, -0.05) is 12.1 Å². The Labute approximate surface area is 153 Å². The number of nitrogens with one attached hydrogen (secondary N) is 2. The van der Waals surface area contributed by atoms with E-state index in [1.165, 1.54) is 0 Å². The monoisotopic (exact) mass is 358 g/mol. The van der Waals surface area contributed by atoms with E-state index in [2.05, 4.69) is 15.7 Å². The summed E-state index contributed by atoms with van der Waals surface area (Å²) in [7, 11) is 0. The molecule has 3 N–H and O–H groups in total. The molecule has 0 fully saturated rings. The molecule has 1 aromatic heterocycles. The van der Waals surface area contributed by atoms with Crippen molar-refractivity contribution < 1.29 is 14.7 Å². The molecule has 0 saturated heterocycles. The number of benzene rings is 1. The number of carboxylic acids is 1. The number of carbonyl (C=O) groups is 2. The molecule has 0 atom stereocenters. The Balaban J connectivity index is 1.80. The van der Waals surface area contributed by atoms with Crippen LogP contribution < -0.4 is 10.6 Å². The molecule has 7 nitrogen and oxygen atoms in total. The molecular formula is C19H26N4O3. The van der Waals surface area contributed by atoms with E-state index in [0.717, 1.165) is 22.6 Å². The van der Waals surface area contributed by atoms with Crippen LogP contribution >= 0.6 is 0 Å². The van der Waals surface area contributed by atoms with Crippen molar-refractivity contribution in [1.82, 2.24) is 20.4 Å². The Morgan fingerprint density at radius 2 is 1.81 bits per heavy atom. The third-order valence-electron chi connectivity index (χ3n) is 4.16. The fourth-order valence-corrected chi connectivity index (χ4v) is 2.45. The first-order valence-corrected chi connectivity index (χ1v) is 8.57. The number of aliphatic carboxylic acids is 1. The first kappa shape index (κ1) is 19.5. The Hall–Kier alpha value is -2.83. The number of rotatable bonds is 7. The molecule has 0 aliphatic carbocycles. The second-order valence-corrected chi connectivity index (χ2v) is 7.05. The van der Waals surface area contributed by atoms with Crippen molar-refractivity contribution in [1.29, 1.82) is 0 Å². The molecule has 7 heteroatoms. The third kappa shape index (κ3) is 5.08. The Morgan fingerprint density at radius 1 is 1.15 bits per heavy atom. The Bertz CT molecular complexity index is 779. The lowest BCUT2D eigenvalue weighted by atomic mass is 9.94. The maximum Gasteiger partial charge on any atom is 0.314 e. The van der Waals surface area contributed by atoms with Crippen LogP contribution in [0.4, 0.5) is 4.79 Å². The maximum absolute atomic E-state index is 11.8. The van der Waals surface area contributed by atoms with Crippen molar-refractivity contribution in [2.75, 3.05) is 13.1 Å². The van der Waals surface area contributed by atoms with E-state index < -0.39 is 11.4 Å². The summed E-state index contributed by atoms with van der Waals surface area (Å²) in [6.07, 6.45) is 0.688. The highest BCUT2D eigenvalue weighted by molar-refractivity contribution is 5.77. The number of nitrogens with zero attached hydrogens (tertiary/aromatic N) is 2. The largest absolute Gasteiger partial charge is 0.481 e. The molecule has 140 valence electrons. The standard InChI is InChI=1S/C19H26N4O3/c1-13-11-14(2)23(22-13)16-7-5-15(6-8-16)9-10-20-18(26)21-12-19(3,4)17(24)25/h5-8,11H,9-10,12H2,1-4H3,(H,24,25)(H2,20,21,26). The number of amides is 2. The zero-order valence-electron chi connectivity index (χ0n) is 15.7. The first-order valence-electron chi connectivity index (χ1n) is 8.57. The Kier molecular flexibility index (Phi) is 6.02. The van der Waals surface area contributed by atoms with Gasteiger partial charge in [0.1, 0.15) is 0 Å². The van der Waals surface area contributed by atoms with Gasteiger partial charge < -0.3 is 15.7 Å². The van der Waals surface area contributed by atoms with Crippen molar-refractivity contribution >= 4 is 12.0 Å². The lowest BCUT2D eigenvalue weighted by Gasteiger charge is -2.19. The lowest BCUT2D eigenvalue weighted by Crippen LogP contribution is -2.43. The fourth-order valence-electron chi connectivity index (χ4n) is 2.45. The van der Waals surface area contributed by atoms with Crippen molar-refractivity contribution in [3.63, 3.8) is 0 Å². The van der Waals surface area contributed by atoms with Gasteiger partial charge in [-0.15, -0.1) is 0 Å². The van der Waals surface area contributed by atoms with E-state index in [-0.39, 0.29) is 12.6 Å². The average Bonchev–Trinajstić information content (AvgIpc) is 2.92. The number of urea groups is 1. The molecule has 2 rings (SSSR count). The van der Waals surface area contributed by atoms with Crippen molar-refractivity contribution in [2.45, 2.75) is 34.1 Å². The Morgan fingerprint density at radius 3 is 2.35 bits per heavy atom. The highest BCUT2D eigenvalue weighted by Gasteiger charge is 2.27. The normalized spacial score (nSPS) is 11.2. The van der Waals surface area contributed by atoms with E-state index in [1.54, 1.807) is 13.8 Å². The van der Waals surface area contributed by atoms with Crippen molar-refractivity contribution in [3.8, 4) is 5.69 Å². The van der Waals surface area contributed by atoms with Crippen LogP contribution in [-0.2, 0) is 11.2 Å². The minimum atomic E-state index is -0.990. The van der Waals surface area contributed by atoms with Crippen LogP contribution in [0.25, 0.3) is 5.69 Å². The van der Waals surface area contributed by atoms with Gasteiger partial charge in [-0.2, -0.15) is 5.10 Å². The zero-order valence-corrected chi connectivity index (χ0v) is 15.7. The van der Waals surface area contributed by atoms with Crippen LogP contribution in [0.3, 0.4) is 0 Å². The quantitative estimate of drug-likeness (QED) is 0.708. The van der Waals surface area contributed by atoms with Gasteiger partial charge in [0.25, 0.3) is 0 Å². The first-order chi connectivity index (χ1) is 12.2. The predicted octanol–water partition coefficient (Wildman–Crippen LogP) is 2.44. The highest BCUT2D eigenvalue weighted by atomic mass is 16.4. The number of carbonyl (C=O) groups excluding carboxylic acids is 1. The summed E-state index contributed by atoms with van der Waals surface area (Å²) in [6.45, 7) is 7.66. The summed E-state index contributed by atoms with van der Waals surface area (Å²) >= 11 is 0. The van der Waals surface area contributed by atoms with Gasteiger partial charge >= 0.3 is 12.0 Å². The number of hydrogen-bond donors (Lipinski definition) is 3. The molecule has 0 radical (unpaired) electrons. The van der Waals surface area contributed by atoms with Gasteiger partial charge in [0.2, 0.25) is 0 Å². The van der Waals surface area contributed by atoms with Crippen molar-refractivity contribution in [3.05, 3.63) is 47.3 Å². The molecule has 0 aliphatic rings. The second-order valence-electron chi connectivity index (χ2n) is 7.05. The van der Waals surface area contributed by atoms with E-state index in [0.29, 0.717) is 13.0 Å². The maximum atomic E-state index is 11.8. The minimum Gasteiger partial charge on any atom is -0.481 e. The lowest BCUT2D eigenvalue weighted by molar-refractivity contribution is -0.146. The molecule has 2 amide bonds. The third-order valence-corrected chi connectivity index (χ3v) is 4.16. The molecule has 0 unspecified atom stereocenters. The van der Waals surface area contributed by atoms with Crippen molar-refractivity contribution in [2.24, 2.45) is 5.41 Å². The van der Waals surface area contributed by atoms with Crippen LogP contribution in [-0.4, -0.2) is 40.0 Å². The van der Waals surface area contributed by atoms with Crippen LogP contribution in [0.1, 0.15) is 30.8 Å². The van der Waals surface area contributed by atoms with Gasteiger partial charge in [0.15, 0.2) is 0 Å². The molecule has 1 heterocycles. The van der Waals surface area contributed by atoms with Gasteiger partial charge in [0, 0.05) is 18.8 Å². The van der Waals surface area contributed by atoms with Crippen LogP contribution in [0.15, 0.2) is 30.3 Å². The molecule has 0 spiro atoms. The van der Waals surface area contributed by atoms with E-state index in [4.69, 9.17) is 5.11 Å². The second kappa shape index (κ2) is 8.03. The summed E-state index contributed by atoms with van der Waals surface area (Å²) in [5.41, 5.74) is 3.17. The molecule has 1 aromatic carbocycles. The molecular weight excluding hydrogens is 332 g/mol. The zero-order chi connectivity index (χ0) is 19.3. The SMILES string of the molecule is Cc1cc(C)n(-c2ccc(CCNC(=O)NCC(C)(C)C(=O)O)cc2)n1. The summed E-state index contributed by atoms with van der Waals surface area (Å²) < 4.78 is 1.90. The summed E-state index contributed by atoms with van der Waals surface area (Å²) in [6, 6.07) is 9.70. The van der Waals surface area contributed by atoms with Crippen LogP contribution in [0, 0.1) is 19.3 Å². The molecule has 2 aromatic rings.